The number of nitrogens with one attached hydrogen (secondary N) is 1. The normalized spacial score (nSPS) is 11.6. The highest BCUT2D eigenvalue weighted by molar-refractivity contribution is 9.10. The fourth-order valence-corrected chi connectivity index (χ4v) is 3.28. The molecular formula is C13H15BrN4O4S. The van der Waals surface area contributed by atoms with Crippen LogP contribution in [0.15, 0.2) is 39.8 Å². The Morgan fingerprint density at radius 2 is 2.00 bits per heavy atom. The van der Waals surface area contributed by atoms with Crippen molar-refractivity contribution in [2.24, 2.45) is 0 Å². The van der Waals surface area contributed by atoms with E-state index >= 15 is 0 Å². The summed E-state index contributed by atoms with van der Waals surface area (Å²) < 4.78 is 29.3. The van der Waals surface area contributed by atoms with Crippen LogP contribution in [0.25, 0.3) is 0 Å². The first kappa shape index (κ1) is 17.6. The molecule has 0 saturated heterocycles. The summed E-state index contributed by atoms with van der Waals surface area (Å²) in [7, 11) is -3.67. The third-order valence-electron chi connectivity index (χ3n) is 3.10. The fraction of sp³-hybridized carbons (Fsp3) is 0.308. The summed E-state index contributed by atoms with van der Waals surface area (Å²) in [5.74, 6) is 0. The second kappa shape index (κ2) is 7.20. The molecule has 1 N–H and O–H groups in total. The summed E-state index contributed by atoms with van der Waals surface area (Å²) in [5.41, 5.74) is 0.722. The topological polar surface area (TPSA) is 107 Å². The number of sulfonamides is 1. The van der Waals surface area contributed by atoms with Gasteiger partial charge in [0.25, 0.3) is 5.69 Å². The van der Waals surface area contributed by atoms with Crippen LogP contribution in [0.5, 0.6) is 0 Å². The Kier molecular flexibility index (Phi) is 5.50. The molecule has 10 heteroatoms. The molecule has 0 radical (unpaired) electrons. The van der Waals surface area contributed by atoms with Crippen molar-refractivity contribution in [1.29, 1.82) is 0 Å². The molecule has 2 aromatic rings. The minimum Gasteiger partial charge on any atom is -0.271 e. The minimum absolute atomic E-state index is 0.000720. The Bertz CT molecular complexity index is 782. The molecule has 8 nitrogen and oxygen atoms in total. The quantitative estimate of drug-likeness (QED) is 0.434. The summed E-state index contributed by atoms with van der Waals surface area (Å²) in [4.78, 5) is 9.99. The highest BCUT2D eigenvalue weighted by Gasteiger charge is 2.15. The van der Waals surface area contributed by atoms with E-state index in [0.717, 1.165) is 10.2 Å². The number of halogens is 1. The number of hydrogen-bond donors (Lipinski definition) is 1. The van der Waals surface area contributed by atoms with Gasteiger partial charge >= 0.3 is 0 Å². The first-order valence-electron chi connectivity index (χ1n) is 6.73. The molecule has 0 aliphatic rings. The Hall–Kier alpha value is -1.78. The minimum atomic E-state index is -3.67. The van der Waals surface area contributed by atoms with Gasteiger partial charge in [-0.3, -0.25) is 14.8 Å². The Morgan fingerprint density at radius 1 is 1.35 bits per heavy atom. The molecule has 1 aromatic carbocycles. The molecule has 1 heterocycles. The second-order valence-electron chi connectivity index (χ2n) is 4.83. The molecular weight excluding hydrogens is 388 g/mol. The van der Waals surface area contributed by atoms with E-state index in [1.165, 1.54) is 24.3 Å². The van der Waals surface area contributed by atoms with E-state index in [0.29, 0.717) is 13.0 Å². The zero-order valence-corrected chi connectivity index (χ0v) is 14.7. The van der Waals surface area contributed by atoms with Gasteiger partial charge in [-0.05, 0) is 41.4 Å². The largest absolute Gasteiger partial charge is 0.271 e. The van der Waals surface area contributed by atoms with Gasteiger partial charge in [0.05, 0.1) is 20.0 Å². The van der Waals surface area contributed by atoms with Crippen molar-refractivity contribution in [3.8, 4) is 0 Å². The van der Waals surface area contributed by atoms with Gasteiger partial charge in [-0.15, -0.1) is 0 Å². The van der Waals surface area contributed by atoms with Crippen molar-refractivity contribution in [3.05, 3.63) is 50.7 Å². The van der Waals surface area contributed by atoms with E-state index in [2.05, 4.69) is 25.8 Å². The van der Waals surface area contributed by atoms with Crippen LogP contribution in [0.2, 0.25) is 0 Å². The van der Waals surface area contributed by atoms with E-state index in [-0.39, 0.29) is 17.1 Å². The summed E-state index contributed by atoms with van der Waals surface area (Å²) >= 11 is 3.36. The zero-order valence-electron chi connectivity index (χ0n) is 12.3. The molecule has 0 saturated carbocycles. The van der Waals surface area contributed by atoms with Crippen LogP contribution in [0.4, 0.5) is 5.69 Å². The number of nitro groups is 1. The van der Waals surface area contributed by atoms with Crippen LogP contribution in [0, 0.1) is 17.0 Å². The van der Waals surface area contributed by atoms with Gasteiger partial charge in [-0.1, -0.05) is 0 Å². The third-order valence-corrected chi connectivity index (χ3v) is 5.36. The van der Waals surface area contributed by atoms with Gasteiger partial charge in [0.2, 0.25) is 10.0 Å². The van der Waals surface area contributed by atoms with Gasteiger partial charge in [0, 0.05) is 31.4 Å². The SMILES string of the molecule is Cc1nn(CCCNS(=O)(=O)c2ccc([N+](=O)[O-])cc2)cc1Br. The molecule has 124 valence electrons. The molecule has 2 rings (SSSR count). The van der Waals surface area contributed by atoms with Crippen LogP contribution < -0.4 is 4.72 Å². The summed E-state index contributed by atoms with van der Waals surface area (Å²) in [6.07, 6.45) is 2.40. The maximum absolute atomic E-state index is 12.1. The number of hydrogen-bond acceptors (Lipinski definition) is 5. The number of nitro benzene ring substituents is 1. The van der Waals surface area contributed by atoms with Crippen molar-refractivity contribution < 1.29 is 13.3 Å². The first-order chi connectivity index (χ1) is 10.8. The second-order valence-corrected chi connectivity index (χ2v) is 7.45. The highest BCUT2D eigenvalue weighted by Crippen LogP contribution is 2.16. The molecule has 0 atom stereocenters. The predicted octanol–water partition coefficient (Wildman–Crippen LogP) is 2.23. The molecule has 23 heavy (non-hydrogen) atoms. The number of non-ortho nitro benzene ring substituents is 1. The standard InChI is InChI=1S/C13H15BrN4O4S/c1-10-13(14)9-17(16-10)8-2-7-15-23(21,22)12-5-3-11(4-6-12)18(19)20/h3-6,9,15H,2,7-8H2,1H3. The van der Waals surface area contributed by atoms with Gasteiger partial charge in [0.15, 0.2) is 0 Å². The Balaban J connectivity index is 1.89. The zero-order chi connectivity index (χ0) is 17.0. The monoisotopic (exact) mass is 402 g/mol. The number of benzene rings is 1. The van der Waals surface area contributed by atoms with Crippen LogP contribution in [0.3, 0.4) is 0 Å². The molecule has 1 aromatic heterocycles. The van der Waals surface area contributed by atoms with Crippen LogP contribution in [-0.2, 0) is 16.6 Å². The average molecular weight is 403 g/mol. The van der Waals surface area contributed by atoms with Gasteiger partial charge < -0.3 is 0 Å². The summed E-state index contributed by atoms with van der Waals surface area (Å²) in [5, 5.41) is 14.8. The fourth-order valence-electron chi connectivity index (χ4n) is 1.89. The number of nitrogens with zero attached hydrogens (tertiary/aromatic N) is 3. The molecule has 0 fully saturated rings. The van der Waals surface area contributed by atoms with Crippen LogP contribution >= 0.6 is 15.9 Å². The van der Waals surface area contributed by atoms with Gasteiger partial charge in [0.1, 0.15) is 0 Å². The lowest BCUT2D eigenvalue weighted by Crippen LogP contribution is -2.25. The van der Waals surface area contributed by atoms with E-state index in [4.69, 9.17) is 0 Å². The van der Waals surface area contributed by atoms with Gasteiger partial charge in [-0.2, -0.15) is 5.10 Å². The van der Waals surface area contributed by atoms with Crippen molar-refractivity contribution in [2.75, 3.05) is 6.54 Å². The Morgan fingerprint density at radius 3 is 2.52 bits per heavy atom. The predicted molar refractivity (Wildman–Crippen MR) is 87.6 cm³/mol. The lowest BCUT2D eigenvalue weighted by molar-refractivity contribution is -0.384. The molecule has 0 spiro atoms. The van der Waals surface area contributed by atoms with E-state index in [1.54, 1.807) is 4.68 Å². The smallest absolute Gasteiger partial charge is 0.269 e. The maximum atomic E-state index is 12.1. The molecule has 0 amide bonds. The lowest BCUT2D eigenvalue weighted by atomic mass is 10.3. The number of rotatable bonds is 7. The van der Waals surface area contributed by atoms with E-state index in [9.17, 15) is 18.5 Å². The van der Waals surface area contributed by atoms with Gasteiger partial charge in [-0.25, -0.2) is 13.1 Å². The number of aromatic nitrogens is 2. The lowest BCUT2D eigenvalue weighted by Gasteiger charge is -2.06. The van der Waals surface area contributed by atoms with Crippen molar-refractivity contribution in [2.45, 2.75) is 24.8 Å². The van der Waals surface area contributed by atoms with Crippen LogP contribution in [-0.4, -0.2) is 29.7 Å². The first-order valence-corrected chi connectivity index (χ1v) is 9.01. The Labute approximate surface area is 141 Å². The van der Waals surface area contributed by atoms with Crippen molar-refractivity contribution in [3.63, 3.8) is 0 Å². The van der Waals surface area contributed by atoms with E-state index < -0.39 is 14.9 Å². The molecule has 0 unspecified atom stereocenters. The molecule has 0 aliphatic heterocycles. The molecule has 0 aliphatic carbocycles. The van der Waals surface area contributed by atoms with Crippen LogP contribution in [0.1, 0.15) is 12.1 Å². The summed E-state index contributed by atoms with van der Waals surface area (Å²) in [6, 6.07) is 4.76. The van der Waals surface area contributed by atoms with Crippen molar-refractivity contribution in [1.82, 2.24) is 14.5 Å². The third kappa shape index (κ3) is 4.60. The molecule has 0 bridgehead atoms. The highest BCUT2D eigenvalue weighted by atomic mass is 79.9. The summed E-state index contributed by atoms with van der Waals surface area (Å²) in [6.45, 7) is 2.70. The van der Waals surface area contributed by atoms with E-state index in [1.807, 2.05) is 13.1 Å². The maximum Gasteiger partial charge on any atom is 0.269 e. The average Bonchev–Trinajstić information content (AvgIpc) is 2.82. The number of aryl methyl sites for hydroxylation is 2. The van der Waals surface area contributed by atoms with Crippen molar-refractivity contribution >= 4 is 31.6 Å².